The molecule has 3 aromatic rings. The van der Waals surface area contributed by atoms with Gasteiger partial charge in [-0.05, 0) is 55.0 Å². The zero-order valence-electron chi connectivity index (χ0n) is 16.9. The predicted octanol–water partition coefficient (Wildman–Crippen LogP) is 3.60. The van der Waals surface area contributed by atoms with Crippen LogP contribution in [0.2, 0.25) is 0 Å². The molecule has 1 heterocycles. The van der Waals surface area contributed by atoms with E-state index < -0.39 is 10.0 Å². The van der Waals surface area contributed by atoms with Crippen molar-refractivity contribution in [1.29, 1.82) is 0 Å². The molecule has 3 aromatic carbocycles. The van der Waals surface area contributed by atoms with E-state index in [-0.39, 0.29) is 17.4 Å². The summed E-state index contributed by atoms with van der Waals surface area (Å²) >= 11 is 0. The van der Waals surface area contributed by atoms with Gasteiger partial charge in [0.05, 0.1) is 22.8 Å². The maximum absolute atomic E-state index is 12.6. The third kappa shape index (κ3) is 4.64. The number of amides is 1. The fourth-order valence-corrected chi connectivity index (χ4v) is 4.39. The number of para-hydroxylation sites is 3. The zero-order chi connectivity index (χ0) is 21.8. The molecular formula is C23H22N2O5S. The largest absolute Gasteiger partial charge is 0.490 e. The number of ether oxygens (including phenoxy) is 2. The van der Waals surface area contributed by atoms with Crippen LogP contribution in [-0.2, 0) is 14.8 Å². The highest BCUT2D eigenvalue weighted by molar-refractivity contribution is 7.92. The molecule has 4 rings (SSSR count). The first-order chi connectivity index (χ1) is 14.9. The quantitative estimate of drug-likeness (QED) is 0.636. The van der Waals surface area contributed by atoms with Gasteiger partial charge in [0.1, 0.15) is 18.1 Å². The van der Waals surface area contributed by atoms with Gasteiger partial charge in [0.25, 0.3) is 15.9 Å². The molecular weight excluding hydrogens is 416 g/mol. The lowest BCUT2D eigenvalue weighted by molar-refractivity contribution is -0.120. The Morgan fingerprint density at radius 1 is 1.03 bits per heavy atom. The molecule has 1 aliphatic heterocycles. The van der Waals surface area contributed by atoms with Crippen molar-refractivity contribution >= 4 is 27.3 Å². The average Bonchev–Trinajstić information content (AvgIpc) is 2.79. The first kappa shape index (κ1) is 20.7. The second kappa shape index (κ2) is 8.69. The fraction of sp³-hybridized carbons (Fsp3) is 0.174. The highest BCUT2D eigenvalue weighted by Crippen LogP contribution is 2.31. The molecule has 0 atom stereocenters. The van der Waals surface area contributed by atoms with Gasteiger partial charge < -0.3 is 14.4 Å². The Balaban J connectivity index is 1.40. The molecule has 0 aliphatic carbocycles. The summed E-state index contributed by atoms with van der Waals surface area (Å²) in [6.07, 6.45) is 0. The van der Waals surface area contributed by atoms with E-state index in [1.165, 1.54) is 24.3 Å². The van der Waals surface area contributed by atoms with E-state index >= 15 is 0 Å². The van der Waals surface area contributed by atoms with E-state index in [9.17, 15) is 13.2 Å². The molecule has 0 saturated carbocycles. The summed E-state index contributed by atoms with van der Waals surface area (Å²) in [5, 5.41) is 0. The van der Waals surface area contributed by atoms with Gasteiger partial charge in [-0.2, -0.15) is 0 Å². The lowest BCUT2D eigenvalue weighted by Crippen LogP contribution is -2.40. The summed E-state index contributed by atoms with van der Waals surface area (Å²) in [7, 11) is -3.73. The first-order valence-electron chi connectivity index (χ1n) is 9.77. The number of hydrogen-bond acceptors (Lipinski definition) is 5. The summed E-state index contributed by atoms with van der Waals surface area (Å²) in [6, 6.07) is 20.5. The summed E-state index contributed by atoms with van der Waals surface area (Å²) in [5.74, 6) is 0.871. The van der Waals surface area contributed by atoms with Crippen LogP contribution in [0, 0.1) is 6.92 Å². The molecule has 0 fully saturated rings. The van der Waals surface area contributed by atoms with Crippen molar-refractivity contribution in [3.8, 4) is 11.5 Å². The van der Waals surface area contributed by atoms with Crippen LogP contribution >= 0.6 is 0 Å². The lowest BCUT2D eigenvalue weighted by Gasteiger charge is -2.29. The van der Waals surface area contributed by atoms with Crippen LogP contribution in [0.5, 0.6) is 11.5 Å². The van der Waals surface area contributed by atoms with E-state index in [4.69, 9.17) is 9.47 Å². The number of nitrogens with one attached hydrogen (secondary N) is 1. The van der Waals surface area contributed by atoms with E-state index in [1.807, 2.05) is 43.3 Å². The molecule has 1 amide bonds. The van der Waals surface area contributed by atoms with E-state index in [1.54, 1.807) is 17.0 Å². The van der Waals surface area contributed by atoms with E-state index in [2.05, 4.69) is 4.72 Å². The number of carbonyl (C=O) groups excluding carboxylic acids is 1. The van der Waals surface area contributed by atoms with Gasteiger partial charge >= 0.3 is 0 Å². The molecule has 1 N–H and O–H groups in total. The maximum atomic E-state index is 12.6. The number of aryl methyl sites for hydroxylation is 1. The van der Waals surface area contributed by atoms with Crippen LogP contribution in [0.1, 0.15) is 5.56 Å². The number of nitrogens with zero attached hydrogens (tertiary/aromatic N) is 1. The minimum atomic E-state index is -3.73. The topological polar surface area (TPSA) is 84.9 Å². The number of hydrogen-bond donors (Lipinski definition) is 1. The average molecular weight is 439 g/mol. The number of sulfonamides is 1. The summed E-state index contributed by atoms with van der Waals surface area (Å²) in [6.45, 7) is 2.53. The van der Waals surface area contributed by atoms with Crippen molar-refractivity contribution in [2.24, 2.45) is 0 Å². The van der Waals surface area contributed by atoms with Crippen molar-refractivity contribution < 1.29 is 22.7 Å². The van der Waals surface area contributed by atoms with Crippen molar-refractivity contribution in [3.63, 3.8) is 0 Å². The number of carbonyl (C=O) groups is 1. The molecule has 31 heavy (non-hydrogen) atoms. The minimum absolute atomic E-state index is 0.108. The second-order valence-electron chi connectivity index (χ2n) is 7.04. The van der Waals surface area contributed by atoms with Gasteiger partial charge in [0.2, 0.25) is 0 Å². The Morgan fingerprint density at radius 2 is 1.74 bits per heavy atom. The lowest BCUT2D eigenvalue weighted by atomic mass is 10.2. The van der Waals surface area contributed by atoms with Gasteiger partial charge in [-0.3, -0.25) is 9.52 Å². The minimum Gasteiger partial charge on any atom is -0.490 e. The normalized spacial score (nSPS) is 13.1. The molecule has 0 spiro atoms. The van der Waals surface area contributed by atoms with Gasteiger partial charge in [0, 0.05) is 0 Å². The Hall–Kier alpha value is -3.52. The third-order valence-electron chi connectivity index (χ3n) is 4.92. The third-order valence-corrected chi connectivity index (χ3v) is 6.30. The molecule has 0 saturated heterocycles. The molecule has 1 aliphatic rings. The molecule has 0 aromatic heterocycles. The molecule has 0 bridgehead atoms. The molecule has 7 nitrogen and oxygen atoms in total. The summed E-state index contributed by atoms with van der Waals surface area (Å²) < 4.78 is 39.0. The fourth-order valence-electron chi connectivity index (χ4n) is 3.26. The first-order valence-corrected chi connectivity index (χ1v) is 11.3. The smallest absolute Gasteiger partial charge is 0.265 e. The van der Waals surface area contributed by atoms with Crippen LogP contribution in [0.3, 0.4) is 0 Å². The maximum Gasteiger partial charge on any atom is 0.265 e. The highest BCUT2D eigenvalue weighted by Gasteiger charge is 2.23. The number of fused-ring (bicyclic) bond motifs is 1. The van der Waals surface area contributed by atoms with Crippen molar-refractivity contribution in [3.05, 3.63) is 78.4 Å². The Morgan fingerprint density at radius 3 is 2.52 bits per heavy atom. The SMILES string of the molecule is Cc1ccccc1NS(=O)(=O)c1ccc(OCC(=O)N2CCOc3ccccc32)cc1. The van der Waals surface area contributed by atoms with E-state index in [0.717, 1.165) is 5.56 Å². The highest BCUT2D eigenvalue weighted by atomic mass is 32.2. The Kier molecular flexibility index (Phi) is 5.81. The van der Waals surface area contributed by atoms with Crippen molar-refractivity contribution in [2.75, 3.05) is 29.4 Å². The Bertz CT molecular complexity index is 1190. The number of benzene rings is 3. The molecule has 160 valence electrons. The number of rotatable bonds is 6. The monoisotopic (exact) mass is 438 g/mol. The van der Waals surface area contributed by atoms with Crippen LogP contribution in [0.15, 0.2) is 77.7 Å². The molecule has 0 radical (unpaired) electrons. The Labute approximate surface area is 181 Å². The molecule has 0 unspecified atom stereocenters. The standard InChI is InChI=1S/C23H22N2O5S/c1-17-6-2-3-7-20(17)24-31(27,28)19-12-10-18(11-13-19)30-16-23(26)25-14-15-29-22-9-5-4-8-21(22)25/h2-13,24H,14-16H2,1H3. The second-order valence-corrected chi connectivity index (χ2v) is 8.72. The van der Waals surface area contributed by atoms with Gasteiger partial charge in [0.15, 0.2) is 6.61 Å². The summed E-state index contributed by atoms with van der Waals surface area (Å²) in [4.78, 5) is 14.4. The predicted molar refractivity (Wildman–Crippen MR) is 118 cm³/mol. The van der Waals surface area contributed by atoms with Gasteiger partial charge in [-0.1, -0.05) is 30.3 Å². The van der Waals surface area contributed by atoms with E-state index in [0.29, 0.717) is 36.0 Å². The zero-order valence-corrected chi connectivity index (χ0v) is 17.8. The van der Waals surface area contributed by atoms with Crippen LogP contribution in [0.4, 0.5) is 11.4 Å². The van der Waals surface area contributed by atoms with Crippen LogP contribution < -0.4 is 19.1 Å². The summed E-state index contributed by atoms with van der Waals surface area (Å²) in [5.41, 5.74) is 2.07. The van der Waals surface area contributed by atoms with Crippen molar-refractivity contribution in [1.82, 2.24) is 0 Å². The van der Waals surface area contributed by atoms with Gasteiger partial charge in [-0.15, -0.1) is 0 Å². The molecule has 8 heteroatoms. The van der Waals surface area contributed by atoms with Crippen LogP contribution in [0.25, 0.3) is 0 Å². The van der Waals surface area contributed by atoms with Crippen LogP contribution in [-0.4, -0.2) is 34.1 Å². The van der Waals surface area contributed by atoms with Crippen molar-refractivity contribution in [2.45, 2.75) is 11.8 Å². The number of anilines is 2. The van der Waals surface area contributed by atoms with Gasteiger partial charge in [-0.25, -0.2) is 8.42 Å².